The Kier molecular flexibility index (Phi) is 5.21. The number of unbranched alkanes of at least 4 members (excludes halogenated alkanes) is 1. The Balaban J connectivity index is 1.69. The van der Waals surface area contributed by atoms with Gasteiger partial charge < -0.3 is 15.2 Å². The highest BCUT2D eigenvalue weighted by molar-refractivity contribution is 6.25. The van der Waals surface area contributed by atoms with E-state index < -0.39 is 18.0 Å². The standard InChI is InChI=1S/C24H23NO4/c1-2-3-13-29-21(26)14-20(24(27)28)25-19-12-10-17-8-7-15-5-4-6-16-9-11-18(19)23(17)22(15)16/h4-12,20,25H,2-3,13-14H2,1H3,(H,27,28)/t20-/m0/s1. The summed E-state index contributed by atoms with van der Waals surface area (Å²) in [5.74, 6) is -1.58. The van der Waals surface area contributed by atoms with Gasteiger partial charge in [-0.25, -0.2) is 4.79 Å². The van der Waals surface area contributed by atoms with Crippen LogP contribution in [0.4, 0.5) is 5.69 Å². The molecule has 1 atom stereocenters. The molecule has 148 valence electrons. The molecular weight excluding hydrogens is 366 g/mol. The van der Waals surface area contributed by atoms with E-state index in [1.54, 1.807) is 0 Å². The van der Waals surface area contributed by atoms with E-state index in [0.29, 0.717) is 12.3 Å². The Labute approximate surface area is 168 Å². The van der Waals surface area contributed by atoms with Crippen molar-refractivity contribution in [2.24, 2.45) is 0 Å². The lowest BCUT2D eigenvalue weighted by Gasteiger charge is -2.19. The van der Waals surface area contributed by atoms with Crippen molar-refractivity contribution in [2.45, 2.75) is 32.2 Å². The number of carbonyl (C=O) groups excluding carboxylic acids is 1. The molecule has 0 saturated heterocycles. The minimum absolute atomic E-state index is 0.221. The first-order valence-electron chi connectivity index (χ1n) is 9.90. The molecule has 0 fully saturated rings. The third-order valence-electron chi connectivity index (χ3n) is 5.29. The molecule has 2 N–H and O–H groups in total. The molecule has 0 aliphatic heterocycles. The van der Waals surface area contributed by atoms with Gasteiger partial charge in [-0.3, -0.25) is 4.79 Å². The van der Waals surface area contributed by atoms with Gasteiger partial charge in [0.2, 0.25) is 0 Å². The molecule has 29 heavy (non-hydrogen) atoms. The smallest absolute Gasteiger partial charge is 0.326 e. The van der Waals surface area contributed by atoms with Crippen LogP contribution in [-0.2, 0) is 14.3 Å². The second kappa shape index (κ2) is 7.95. The predicted octanol–water partition coefficient (Wildman–Crippen LogP) is 5.18. The van der Waals surface area contributed by atoms with Crippen molar-refractivity contribution >= 4 is 49.9 Å². The van der Waals surface area contributed by atoms with E-state index in [0.717, 1.165) is 45.2 Å². The van der Waals surface area contributed by atoms with Gasteiger partial charge >= 0.3 is 11.9 Å². The number of anilines is 1. The van der Waals surface area contributed by atoms with Crippen LogP contribution in [-0.4, -0.2) is 29.7 Å². The zero-order chi connectivity index (χ0) is 20.4. The lowest BCUT2D eigenvalue weighted by molar-refractivity contribution is -0.148. The zero-order valence-electron chi connectivity index (χ0n) is 16.3. The van der Waals surface area contributed by atoms with Crippen molar-refractivity contribution < 1.29 is 19.4 Å². The summed E-state index contributed by atoms with van der Waals surface area (Å²) in [5.41, 5.74) is 0.699. The van der Waals surface area contributed by atoms with Crippen LogP contribution >= 0.6 is 0 Å². The molecule has 0 bridgehead atoms. The molecule has 5 nitrogen and oxygen atoms in total. The van der Waals surface area contributed by atoms with Gasteiger partial charge in [0.25, 0.3) is 0 Å². The highest BCUT2D eigenvalue weighted by atomic mass is 16.5. The molecule has 0 spiro atoms. The maximum Gasteiger partial charge on any atom is 0.326 e. The second-order valence-corrected chi connectivity index (χ2v) is 7.28. The van der Waals surface area contributed by atoms with E-state index in [9.17, 15) is 14.7 Å². The fourth-order valence-electron chi connectivity index (χ4n) is 3.80. The van der Waals surface area contributed by atoms with Crippen molar-refractivity contribution in [1.29, 1.82) is 0 Å². The molecule has 5 heteroatoms. The summed E-state index contributed by atoms with van der Waals surface area (Å²) in [6.07, 6.45) is 1.46. The van der Waals surface area contributed by atoms with Gasteiger partial charge in [-0.05, 0) is 39.4 Å². The van der Waals surface area contributed by atoms with Gasteiger partial charge in [-0.15, -0.1) is 0 Å². The van der Waals surface area contributed by atoms with Crippen molar-refractivity contribution in [1.82, 2.24) is 0 Å². The fraction of sp³-hybridized carbons (Fsp3) is 0.250. The van der Waals surface area contributed by atoms with E-state index in [2.05, 4.69) is 29.6 Å². The number of rotatable bonds is 8. The number of hydrogen-bond acceptors (Lipinski definition) is 4. The van der Waals surface area contributed by atoms with Crippen molar-refractivity contribution in [3.8, 4) is 0 Å². The zero-order valence-corrected chi connectivity index (χ0v) is 16.3. The highest BCUT2D eigenvalue weighted by Gasteiger charge is 2.23. The number of nitrogens with one attached hydrogen (secondary N) is 1. The summed E-state index contributed by atoms with van der Waals surface area (Å²) in [6, 6.07) is 17.2. The number of hydrogen-bond donors (Lipinski definition) is 2. The van der Waals surface area contributed by atoms with Crippen LogP contribution in [0.25, 0.3) is 32.3 Å². The molecule has 4 aromatic carbocycles. The van der Waals surface area contributed by atoms with Gasteiger partial charge in [0, 0.05) is 11.1 Å². The number of carboxylic acid groups (broad SMARTS) is 1. The molecule has 0 aliphatic carbocycles. The average molecular weight is 389 g/mol. The maximum absolute atomic E-state index is 12.0. The van der Waals surface area contributed by atoms with Gasteiger partial charge in [-0.1, -0.05) is 61.9 Å². The van der Waals surface area contributed by atoms with Gasteiger partial charge in [0.05, 0.1) is 13.0 Å². The number of ether oxygens (including phenoxy) is 1. The molecule has 0 unspecified atom stereocenters. The minimum atomic E-state index is -1.08. The predicted molar refractivity (Wildman–Crippen MR) is 116 cm³/mol. The minimum Gasteiger partial charge on any atom is -0.480 e. The molecule has 0 radical (unpaired) electrons. The summed E-state index contributed by atoms with van der Waals surface area (Å²) in [5, 5.41) is 19.3. The molecule has 0 aliphatic rings. The topological polar surface area (TPSA) is 75.6 Å². The summed E-state index contributed by atoms with van der Waals surface area (Å²) in [7, 11) is 0. The van der Waals surface area contributed by atoms with Crippen LogP contribution in [0.5, 0.6) is 0 Å². The third-order valence-corrected chi connectivity index (χ3v) is 5.29. The maximum atomic E-state index is 12.0. The van der Waals surface area contributed by atoms with Crippen LogP contribution in [0.3, 0.4) is 0 Å². The van der Waals surface area contributed by atoms with Crippen molar-refractivity contribution in [2.75, 3.05) is 11.9 Å². The quantitative estimate of drug-likeness (QED) is 0.247. The summed E-state index contributed by atoms with van der Waals surface area (Å²) < 4.78 is 5.14. The largest absolute Gasteiger partial charge is 0.480 e. The van der Waals surface area contributed by atoms with E-state index in [-0.39, 0.29) is 6.42 Å². The van der Waals surface area contributed by atoms with Crippen molar-refractivity contribution in [3.05, 3.63) is 54.6 Å². The molecular formula is C24H23NO4. The first-order chi connectivity index (χ1) is 14.1. The number of carboxylic acids is 1. The molecule has 0 amide bonds. The Morgan fingerprint density at radius 1 is 0.966 bits per heavy atom. The van der Waals surface area contributed by atoms with Crippen LogP contribution < -0.4 is 5.32 Å². The Morgan fingerprint density at radius 2 is 1.62 bits per heavy atom. The van der Waals surface area contributed by atoms with Crippen LogP contribution in [0, 0.1) is 0 Å². The molecule has 4 rings (SSSR count). The highest BCUT2D eigenvalue weighted by Crippen LogP contribution is 2.37. The average Bonchev–Trinajstić information content (AvgIpc) is 2.72. The summed E-state index contributed by atoms with van der Waals surface area (Å²) >= 11 is 0. The van der Waals surface area contributed by atoms with Crippen LogP contribution in [0.15, 0.2) is 54.6 Å². The number of benzene rings is 4. The number of carbonyl (C=O) groups is 2. The first-order valence-corrected chi connectivity index (χ1v) is 9.90. The Bertz CT molecular complexity index is 1170. The lowest BCUT2D eigenvalue weighted by Crippen LogP contribution is -2.32. The fourth-order valence-corrected chi connectivity index (χ4v) is 3.80. The first kappa shape index (κ1) is 19.0. The molecule has 0 saturated carbocycles. The Morgan fingerprint density at radius 3 is 2.31 bits per heavy atom. The SMILES string of the molecule is CCCCOC(=O)C[C@H](Nc1ccc2ccc3cccc4ccc1c2c34)C(=O)O. The lowest BCUT2D eigenvalue weighted by atomic mass is 9.93. The third kappa shape index (κ3) is 3.68. The second-order valence-electron chi connectivity index (χ2n) is 7.28. The van der Waals surface area contributed by atoms with E-state index in [1.807, 2.05) is 37.3 Å². The van der Waals surface area contributed by atoms with Crippen LogP contribution in [0.1, 0.15) is 26.2 Å². The van der Waals surface area contributed by atoms with Gasteiger partial charge in [-0.2, -0.15) is 0 Å². The van der Waals surface area contributed by atoms with E-state index in [1.165, 1.54) is 0 Å². The van der Waals surface area contributed by atoms with Gasteiger partial charge in [0.15, 0.2) is 0 Å². The van der Waals surface area contributed by atoms with Crippen molar-refractivity contribution in [3.63, 3.8) is 0 Å². The number of aliphatic carboxylic acids is 1. The monoisotopic (exact) mass is 389 g/mol. The van der Waals surface area contributed by atoms with Gasteiger partial charge in [0.1, 0.15) is 6.04 Å². The van der Waals surface area contributed by atoms with Crippen LogP contribution in [0.2, 0.25) is 0 Å². The molecule has 0 heterocycles. The summed E-state index contributed by atoms with van der Waals surface area (Å²) in [6.45, 7) is 2.32. The molecule has 4 aromatic rings. The van der Waals surface area contributed by atoms with E-state index >= 15 is 0 Å². The Hall–Kier alpha value is -3.34. The molecule has 0 aromatic heterocycles. The van der Waals surface area contributed by atoms with E-state index in [4.69, 9.17) is 4.74 Å². The normalized spacial score (nSPS) is 12.4. The summed E-state index contributed by atoms with van der Waals surface area (Å²) in [4.78, 5) is 23.8. The number of esters is 1.